The number of benzene rings is 2. The summed E-state index contributed by atoms with van der Waals surface area (Å²) in [5.41, 5.74) is 2.05. The van der Waals surface area contributed by atoms with Crippen LogP contribution in [-0.4, -0.2) is 68.4 Å². The topological polar surface area (TPSA) is 26.8 Å². The minimum atomic E-state index is 0.677. The highest BCUT2D eigenvalue weighted by Crippen LogP contribution is 2.28. The van der Waals surface area contributed by atoms with Gasteiger partial charge in [0.25, 0.3) is 0 Å². The summed E-state index contributed by atoms with van der Waals surface area (Å²) in [6.45, 7) is 6.98. The van der Waals surface area contributed by atoms with E-state index in [1.807, 2.05) is 12.1 Å². The third kappa shape index (κ3) is 2.92. The fourth-order valence-electron chi connectivity index (χ4n) is 4.06. The lowest BCUT2D eigenvalue weighted by Gasteiger charge is -2.36. The van der Waals surface area contributed by atoms with E-state index in [1.54, 1.807) is 0 Å². The molecule has 2 heterocycles. The van der Waals surface area contributed by atoms with Crippen LogP contribution in [0.5, 0.6) is 0 Å². The zero-order valence-corrected chi connectivity index (χ0v) is 14.3. The average molecular weight is 323 g/mol. The van der Waals surface area contributed by atoms with Crippen LogP contribution in [0, 0.1) is 0 Å². The second kappa shape index (κ2) is 6.54. The Morgan fingerprint density at radius 3 is 2.67 bits per heavy atom. The van der Waals surface area contributed by atoms with E-state index in [2.05, 4.69) is 46.0 Å². The molecule has 4 nitrogen and oxygen atoms in total. The Labute approximate surface area is 143 Å². The molecule has 4 rings (SSSR count). The molecule has 0 aliphatic carbocycles. The van der Waals surface area contributed by atoms with Gasteiger partial charge in [-0.25, -0.2) is 0 Å². The van der Waals surface area contributed by atoms with Crippen LogP contribution >= 0.6 is 0 Å². The number of anilines is 1. The van der Waals surface area contributed by atoms with Gasteiger partial charge in [0.2, 0.25) is 0 Å². The number of hydrogen-bond acceptors (Lipinski definition) is 4. The van der Waals surface area contributed by atoms with Gasteiger partial charge in [0.05, 0.1) is 0 Å². The maximum Gasteiger partial charge on any atom is 0.150 e. The van der Waals surface area contributed by atoms with E-state index in [0.717, 1.165) is 35.7 Å². The summed E-state index contributed by atoms with van der Waals surface area (Å²) in [7, 11) is 2.21. The molecule has 1 unspecified atom stereocenters. The standard InChI is InChI=1S/C20H25N3O/c1-21-9-11-22(12-10-21)19-7-8-23(14-19)18-5-6-20-16(13-18)3-2-4-17(20)15-24/h2-6,13,15,19H,7-12,14H2,1H3. The van der Waals surface area contributed by atoms with Crippen LogP contribution in [0.2, 0.25) is 0 Å². The maximum atomic E-state index is 11.2. The molecular weight excluding hydrogens is 298 g/mol. The molecule has 0 saturated carbocycles. The van der Waals surface area contributed by atoms with Crippen molar-refractivity contribution in [1.29, 1.82) is 0 Å². The second-order valence-electron chi connectivity index (χ2n) is 7.10. The van der Waals surface area contributed by atoms with E-state index in [4.69, 9.17) is 0 Å². The van der Waals surface area contributed by atoms with Crippen LogP contribution in [0.25, 0.3) is 10.8 Å². The fraction of sp³-hybridized carbons (Fsp3) is 0.450. The lowest BCUT2D eigenvalue weighted by molar-refractivity contribution is 0.112. The highest BCUT2D eigenvalue weighted by Gasteiger charge is 2.29. The summed E-state index contributed by atoms with van der Waals surface area (Å²) < 4.78 is 0. The number of carbonyl (C=O) groups excluding carboxylic acids is 1. The van der Waals surface area contributed by atoms with Crippen molar-refractivity contribution in [1.82, 2.24) is 9.80 Å². The molecule has 0 aromatic heterocycles. The smallest absolute Gasteiger partial charge is 0.150 e. The molecule has 2 aliphatic heterocycles. The van der Waals surface area contributed by atoms with Crippen LogP contribution in [0.15, 0.2) is 36.4 Å². The van der Waals surface area contributed by atoms with Crippen molar-refractivity contribution in [3.8, 4) is 0 Å². The van der Waals surface area contributed by atoms with E-state index in [9.17, 15) is 4.79 Å². The summed E-state index contributed by atoms with van der Waals surface area (Å²) >= 11 is 0. The molecule has 2 aromatic carbocycles. The average Bonchev–Trinajstić information content (AvgIpc) is 3.11. The third-order valence-corrected chi connectivity index (χ3v) is 5.61. The first-order valence-corrected chi connectivity index (χ1v) is 8.90. The SMILES string of the molecule is CN1CCN(C2CCN(c3ccc4c(C=O)cccc4c3)C2)CC1. The second-order valence-corrected chi connectivity index (χ2v) is 7.10. The molecule has 2 aliphatic rings. The molecule has 2 saturated heterocycles. The van der Waals surface area contributed by atoms with E-state index in [-0.39, 0.29) is 0 Å². The Hall–Kier alpha value is -1.91. The molecule has 2 aromatic rings. The van der Waals surface area contributed by atoms with Gasteiger partial charge in [0.1, 0.15) is 0 Å². The maximum absolute atomic E-state index is 11.2. The summed E-state index contributed by atoms with van der Waals surface area (Å²) in [5, 5.41) is 2.20. The number of aldehydes is 1. The highest BCUT2D eigenvalue weighted by molar-refractivity contribution is 5.99. The molecule has 0 radical (unpaired) electrons. The number of likely N-dealkylation sites (N-methyl/N-ethyl adjacent to an activating group) is 1. The molecule has 24 heavy (non-hydrogen) atoms. The van der Waals surface area contributed by atoms with E-state index in [1.165, 1.54) is 38.3 Å². The first kappa shape index (κ1) is 15.6. The minimum absolute atomic E-state index is 0.677. The molecule has 4 heteroatoms. The van der Waals surface area contributed by atoms with Crippen molar-refractivity contribution in [2.24, 2.45) is 0 Å². The van der Waals surface area contributed by atoms with Crippen LogP contribution < -0.4 is 4.90 Å². The van der Waals surface area contributed by atoms with Gasteiger partial charge < -0.3 is 9.80 Å². The molecule has 126 valence electrons. The summed E-state index contributed by atoms with van der Waals surface area (Å²) in [6.07, 6.45) is 2.19. The molecule has 0 spiro atoms. The number of carbonyl (C=O) groups is 1. The minimum Gasteiger partial charge on any atom is -0.370 e. The van der Waals surface area contributed by atoms with Crippen molar-refractivity contribution in [2.45, 2.75) is 12.5 Å². The van der Waals surface area contributed by atoms with E-state index >= 15 is 0 Å². The molecule has 0 bridgehead atoms. The van der Waals surface area contributed by atoms with Gasteiger partial charge in [-0.15, -0.1) is 0 Å². The van der Waals surface area contributed by atoms with Gasteiger partial charge in [-0.1, -0.05) is 24.3 Å². The number of hydrogen-bond donors (Lipinski definition) is 0. The van der Waals surface area contributed by atoms with Gasteiger partial charge in [-0.2, -0.15) is 0 Å². The van der Waals surface area contributed by atoms with Crippen molar-refractivity contribution < 1.29 is 4.79 Å². The van der Waals surface area contributed by atoms with Crippen molar-refractivity contribution in [3.63, 3.8) is 0 Å². The van der Waals surface area contributed by atoms with Crippen LogP contribution in [0.1, 0.15) is 16.8 Å². The van der Waals surface area contributed by atoms with E-state index in [0.29, 0.717) is 6.04 Å². The summed E-state index contributed by atoms with van der Waals surface area (Å²) in [5.74, 6) is 0. The number of fused-ring (bicyclic) bond motifs is 1. The zero-order chi connectivity index (χ0) is 16.5. The Kier molecular flexibility index (Phi) is 4.25. The molecule has 2 fully saturated rings. The predicted molar refractivity (Wildman–Crippen MR) is 99.0 cm³/mol. The summed E-state index contributed by atoms with van der Waals surface area (Å²) in [6, 6.07) is 13.1. The Morgan fingerprint density at radius 1 is 1.04 bits per heavy atom. The monoisotopic (exact) mass is 323 g/mol. The molecule has 0 amide bonds. The van der Waals surface area contributed by atoms with Gasteiger partial charge >= 0.3 is 0 Å². The number of piperazine rings is 1. The van der Waals surface area contributed by atoms with Crippen molar-refractivity contribution in [2.75, 3.05) is 51.2 Å². The zero-order valence-electron chi connectivity index (χ0n) is 14.3. The third-order valence-electron chi connectivity index (χ3n) is 5.61. The normalized spacial score (nSPS) is 23.0. The van der Waals surface area contributed by atoms with Crippen LogP contribution in [0.3, 0.4) is 0 Å². The Balaban J connectivity index is 1.50. The largest absolute Gasteiger partial charge is 0.370 e. The van der Waals surface area contributed by atoms with Gasteiger partial charge in [-0.3, -0.25) is 9.69 Å². The predicted octanol–water partition coefficient (Wildman–Crippen LogP) is 2.48. The number of rotatable bonds is 3. The van der Waals surface area contributed by atoms with Gasteiger partial charge in [0.15, 0.2) is 6.29 Å². The molecular formula is C20H25N3O. The van der Waals surface area contributed by atoms with Crippen LogP contribution in [0.4, 0.5) is 5.69 Å². The van der Waals surface area contributed by atoms with Gasteiger partial charge in [0, 0.05) is 56.6 Å². The van der Waals surface area contributed by atoms with E-state index < -0.39 is 0 Å². The lowest BCUT2D eigenvalue weighted by atomic mass is 10.0. The van der Waals surface area contributed by atoms with Crippen LogP contribution in [-0.2, 0) is 0 Å². The quantitative estimate of drug-likeness (QED) is 0.811. The molecule has 0 N–H and O–H groups in total. The molecule has 1 atom stereocenters. The first-order chi connectivity index (χ1) is 11.7. The Bertz CT molecular complexity index is 737. The fourth-order valence-corrected chi connectivity index (χ4v) is 4.06. The Morgan fingerprint density at radius 2 is 1.88 bits per heavy atom. The number of nitrogens with zero attached hydrogens (tertiary/aromatic N) is 3. The van der Waals surface area contributed by atoms with Crippen molar-refractivity contribution >= 4 is 22.7 Å². The highest BCUT2D eigenvalue weighted by atomic mass is 16.1. The van der Waals surface area contributed by atoms with Gasteiger partial charge in [-0.05, 0) is 36.4 Å². The summed E-state index contributed by atoms with van der Waals surface area (Å²) in [4.78, 5) is 18.8. The first-order valence-electron chi connectivity index (χ1n) is 8.90. The lowest BCUT2D eigenvalue weighted by Crippen LogP contribution is -2.49. The van der Waals surface area contributed by atoms with Crippen molar-refractivity contribution in [3.05, 3.63) is 42.0 Å².